The fourth-order valence-electron chi connectivity index (χ4n) is 3.54. The van der Waals surface area contributed by atoms with E-state index >= 15 is 0 Å². The SMILES string of the molecule is CC(C)(C)OC(=O)NC(=N)N1CCC(CCCN2CC(COS(C)(=O)=O)OC2=O)CC1. The Bertz CT molecular complexity index is 758. The monoisotopic (exact) mass is 462 g/mol. The molecule has 31 heavy (non-hydrogen) atoms. The van der Waals surface area contributed by atoms with Crippen LogP contribution < -0.4 is 5.32 Å². The van der Waals surface area contributed by atoms with Gasteiger partial charge in [-0.2, -0.15) is 8.42 Å². The molecule has 0 bridgehead atoms. The fourth-order valence-corrected chi connectivity index (χ4v) is 3.94. The van der Waals surface area contributed by atoms with Crippen LogP contribution in [0.2, 0.25) is 0 Å². The molecule has 2 saturated heterocycles. The summed E-state index contributed by atoms with van der Waals surface area (Å²) in [5.74, 6) is 0.531. The number of guanidine groups is 1. The number of amides is 2. The molecular formula is C19H34N4O7S. The first-order valence-corrected chi connectivity index (χ1v) is 12.3. The zero-order valence-corrected chi connectivity index (χ0v) is 19.5. The van der Waals surface area contributed by atoms with Crippen molar-refractivity contribution in [3.8, 4) is 0 Å². The second-order valence-electron chi connectivity index (χ2n) is 8.99. The summed E-state index contributed by atoms with van der Waals surface area (Å²) in [6.07, 6.45) is 2.86. The molecule has 0 aromatic heterocycles. The zero-order chi connectivity index (χ0) is 23.2. The molecule has 0 aromatic rings. The van der Waals surface area contributed by atoms with Crippen LogP contribution in [0.25, 0.3) is 0 Å². The summed E-state index contributed by atoms with van der Waals surface area (Å²) in [5, 5.41) is 10.5. The average Bonchev–Trinajstić information content (AvgIpc) is 2.98. The third kappa shape index (κ3) is 9.30. The van der Waals surface area contributed by atoms with E-state index in [1.165, 1.54) is 0 Å². The third-order valence-corrected chi connectivity index (χ3v) is 5.57. The molecule has 2 heterocycles. The van der Waals surface area contributed by atoms with E-state index in [0.29, 0.717) is 32.1 Å². The van der Waals surface area contributed by atoms with Crippen LogP contribution in [0.3, 0.4) is 0 Å². The highest BCUT2D eigenvalue weighted by molar-refractivity contribution is 7.85. The lowest BCUT2D eigenvalue weighted by Gasteiger charge is -2.33. The Balaban J connectivity index is 1.63. The summed E-state index contributed by atoms with van der Waals surface area (Å²) >= 11 is 0. The molecule has 1 unspecified atom stereocenters. The number of nitrogens with one attached hydrogen (secondary N) is 2. The molecule has 2 rings (SSSR count). The minimum Gasteiger partial charge on any atom is -0.444 e. The summed E-state index contributed by atoms with van der Waals surface area (Å²) in [5.41, 5.74) is -0.611. The number of piperidine rings is 1. The number of alkyl carbamates (subject to hydrolysis) is 1. The predicted molar refractivity (Wildman–Crippen MR) is 113 cm³/mol. The van der Waals surface area contributed by atoms with Crippen molar-refractivity contribution in [1.82, 2.24) is 15.1 Å². The third-order valence-electron chi connectivity index (χ3n) is 5.01. The van der Waals surface area contributed by atoms with E-state index in [1.807, 2.05) is 4.90 Å². The minimum absolute atomic E-state index is 0.0508. The van der Waals surface area contributed by atoms with Crippen LogP contribution in [-0.2, 0) is 23.8 Å². The molecule has 2 aliphatic rings. The molecule has 12 heteroatoms. The van der Waals surface area contributed by atoms with Crippen molar-refractivity contribution in [2.75, 3.05) is 39.0 Å². The molecule has 1 atom stereocenters. The van der Waals surface area contributed by atoms with E-state index in [0.717, 1.165) is 31.9 Å². The molecule has 2 amide bonds. The lowest BCUT2D eigenvalue weighted by molar-refractivity contribution is 0.0553. The minimum atomic E-state index is -3.56. The first-order chi connectivity index (χ1) is 14.3. The Labute approximate surface area is 184 Å². The Kier molecular flexibility index (Phi) is 8.52. The van der Waals surface area contributed by atoms with Crippen LogP contribution in [-0.4, -0.2) is 87.1 Å². The van der Waals surface area contributed by atoms with Crippen molar-refractivity contribution < 1.29 is 31.7 Å². The standard InChI is InChI=1S/C19H34N4O7S/c1-19(2,3)30-17(24)21-16(20)22-10-7-14(8-11-22)6-5-9-23-12-15(29-18(23)25)13-28-31(4,26)27/h14-15H,5-13H2,1-4H3,(H2,20,21,24). The van der Waals surface area contributed by atoms with Gasteiger partial charge in [0, 0.05) is 19.6 Å². The van der Waals surface area contributed by atoms with Gasteiger partial charge < -0.3 is 19.3 Å². The Morgan fingerprint density at radius 2 is 1.94 bits per heavy atom. The van der Waals surface area contributed by atoms with Crippen LogP contribution in [0.15, 0.2) is 0 Å². The Hall–Kier alpha value is -2.08. The first-order valence-electron chi connectivity index (χ1n) is 10.5. The number of carbonyl (C=O) groups is 2. The molecule has 2 fully saturated rings. The van der Waals surface area contributed by atoms with Crippen molar-refractivity contribution in [2.45, 2.75) is 58.2 Å². The van der Waals surface area contributed by atoms with Gasteiger partial charge in [-0.1, -0.05) is 0 Å². The maximum atomic E-state index is 11.9. The van der Waals surface area contributed by atoms with Gasteiger partial charge in [0.05, 0.1) is 12.8 Å². The number of hydrogen-bond acceptors (Lipinski definition) is 8. The molecule has 2 N–H and O–H groups in total. The molecule has 0 spiro atoms. The lowest BCUT2D eigenvalue weighted by atomic mass is 9.92. The van der Waals surface area contributed by atoms with Gasteiger partial charge in [-0.15, -0.1) is 0 Å². The molecule has 0 aromatic carbocycles. The number of nitrogens with zero attached hydrogens (tertiary/aromatic N) is 2. The van der Waals surface area contributed by atoms with Gasteiger partial charge in [0.1, 0.15) is 18.3 Å². The molecule has 0 radical (unpaired) electrons. The molecule has 0 aliphatic carbocycles. The number of hydrogen-bond donors (Lipinski definition) is 2. The van der Waals surface area contributed by atoms with Gasteiger partial charge in [-0.25, -0.2) is 9.59 Å². The second kappa shape index (κ2) is 10.5. The number of likely N-dealkylation sites (tertiary alicyclic amines) is 1. The van der Waals surface area contributed by atoms with Crippen LogP contribution in [0.4, 0.5) is 9.59 Å². The first kappa shape index (κ1) is 25.2. The van der Waals surface area contributed by atoms with E-state index in [9.17, 15) is 18.0 Å². The number of ether oxygens (including phenoxy) is 2. The second-order valence-corrected chi connectivity index (χ2v) is 10.6. The van der Waals surface area contributed by atoms with Crippen LogP contribution in [0.1, 0.15) is 46.5 Å². The summed E-state index contributed by atoms with van der Waals surface area (Å²) in [4.78, 5) is 27.1. The number of rotatable bonds is 7. The van der Waals surface area contributed by atoms with E-state index < -0.39 is 34.0 Å². The van der Waals surface area contributed by atoms with E-state index in [4.69, 9.17) is 19.1 Å². The summed E-state index contributed by atoms with van der Waals surface area (Å²) in [6, 6.07) is 0. The van der Waals surface area contributed by atoms with Gasteiger partial charge in [0.15, 0.2) is 0 Å². The Morgan fingerprint density at radius 3 is 2.52 bits per heavy atom. The van der Waals surface area contributed by atoms with Gasteiger partial charge in [0.2, 0.25) is 5.96 Å². The predicted octanol–water partition coefficient (Wildman–Crippen LogP) is 1.74. The van der Waals surface area contributed by atoms with Crippen LogP contribution >= 0.6 is 0 Å². The van der Waals surface area contributed by atoms with Crippen LogP contribution in [0, 0.1) is 11.3 Å². The van der Waals surface area contributed by atoms with E-state index in [2.05, 4.69) is 5.32 Å². The number of cyclic esters (lactones) is 1. The van der Waals surface area contributed by atoms with Crippen molar-refractivity contribution in [3.63, 3.8) is 0 Å². The molecular weight excluding hydrogens is 428 g/mol. The van der Waals surface area contributed by atoms with Gasteiger partial charge in [0.25, 0.3) is 10.1 Å². The van der Waals surface area contributed by atoms with E-state index in [1.54, 1.807) is 25.7 Å². The average molecular weight is 463 g/mol. The molecule has 11 nitrogen and oxygen atoms in total. The van der Waals surface area contributed by atoms with Crippen molar-refractivity contribution in [3.05, 3.63) is 0 Å². The normalized spacial score (nSPS) is 20.5. The van der Waals surface area contributed by atoms with Crippen molar-refractivity contribution in [1.29, 1.82) is 5.41 Å². The fraction of sp³-hybridized carbons (Fsp3) is 0.842. The maximum absolute atomic E-state index is 11.9. The number of carbonyl (C=O) groups excluding carboxylic acids is 2. The molecule has 2 aliphatic heterocycles. The van der Waals surface area contributed by atoms with Crippen molar-refractivity contribution >= 4 is 28.3 Å². The topological polar surface area (TPSA) is 138 Å². The van der Waals surface area contributed by atoms with Gasteiger partial charge in [-0.05, 0) is 52.4 Å². The molecule has 0 saturated carbocycles. The van der Waals surface area contributed by atoms with E-state index in [-0.39, 0.29) is 12.6 Å². The smallest absolute Gasteiger partial charge is 0.414 e. The summed E-state index contributed by atoms with van der Waals surface area (Å²) in [6.45, 7) is 7.37. The summed E-state index contributed by atoms with van der Waals surface area (Å²) in [7, 11) is -3.56. The van der Waals surface area contributed by atoms with Crippen LogP contribution in [0.5, 0.6) is 0 Å². The Morgan fingerprint density at radius 1 is 1.29 bits per heavy atom. The van der Waals surface area contributed by atoms with Crippen molar-refractivity contribution in [2.24, 2.45) is 5.92 Å². The highest BCUT2D eigenvalue weighted by Gasteiger charge is 2.32. The summed E-state index contributed by atoms with van der Waals surface area (Å²) < 4.78 is 37.1. The molecule has 178 valence electrons. The largest absolute Gasteiger partial charge is 0.444 e. The zero-order valence-electron chi connectivity index (χ0n) is 18.7. The van der Waals surface area contributed by atoms with Gasteiger partial charge in [-0.3, -0.25) is 14.9 Å². The maximum Gasteiger partial charge on any atom is 0.414 e. The highest BCUT2D eigenvalue weighted by Crippen LogP contribution is 2.23. The quantitative estimate of drug-likeness (QED) is 0.331. The van der Waals surface area contributed by atoms with Gasteiger partial charge >= 0.3 is 12.2 Å². The highest BCUT2D eigenvalue weighted by atomic mass is 32.2. The lowest BCUT2D eigenvalue weighted by Crippen LogP contribution is -2.48.